The molecule has 0 spiro atoms. The maximum atomic E-state index is 10.5. The van der Waals surface area contributed by atoms with Crippen molar-refractivity contribution in [1.82, 2.24) is 9.78 Å². The van der Waals surface area contributed by atoms with Crippen molar-refractivity contribution in [2.75, 3.05) is 0 Å². The fourth-order valence-corrected chi connectivity index (χ4v) is 1.51. The number of carbonyl (C=O) groups is 1. The molecule has 0 bridgehead atoms. The van der Waals surface area contributed by atoms with Crippen LogP contribution in [0.25, 0.3) is 0 Å². The Morgan fingerprint density at radius 2 is 2.11 bits per heavy atom. The summed E-state index contributed by atoms with van der Waals surface area (Å²) in [5.41, 5.74) is 5.73. The Balaban J connectivity index is 2.06. The van der Waals surface area contributed by atoms with E-state index in [-0.39, 0.29) is 11.4 Å². The first-order chi connectivity index (χ1) is 9.04. The monoisotopic (exact) mass is 262 g/mol. The average Bonchev–Trinajstić information content (AvgIpc) is 2.76. The summed E-state index contributed by atoms with van der Waals surface area (Å²) in [6, 6.07) is 6.10. The third kappa shape index (κ3) is 3.28. The number of carbonyl (C=O) groups excluding carboxylic acids is 1. The standard InChI is InChI=1S/C11H10N4O4/c12-11(16)19-10-5-13-14(7-10)6-8-1-3-9(4-2-8)15(17)18/h1-5,7H,6H2,(H2,12,16). The summed E-state index contributed by atoms with van der Waals surface area (Å²) < 4.78 is 6.18. The molecule has 1 heterocycles. The number of nitrogens with zero attached hydrogens (tertiary/aromatic N) is 3. The summed E-state index contributed by atoms with van der Waals surface area (Å²) in [4.78, 5) is 20.6. The second-order valence-electron chi connectivity index (χ2n) is 3.72. The molecule has 8 nitrogen and oxygen atoms in total. The van der Waals surface area contributed by atoms with Gasteiger partial charge < -0.3 is 10.5 Å². The smallest absolute Gasteiger partial charge is 0.407 e. The van der Waals surface area contributed by atoms with Crippen LogP contribution in [0.4, 0.5) is 10.5 Å². The largest absolute Gasteiger partial charge is 0.410 e. The summed E-state index contributed by atoms with van der Waals surface area (Å²) >= 11 is 0. The van der Waals surface area contributed by atoms with Crippen LogP contribution in [0, 0.1) is 10.1 Å². The van der Waals surface area contributed by atoms with Crippen LogP contribution in [-0.2, 0) is 6.54 Å². The first-order valence-electron chi connectivity index (χ1n) is 5.27. The number of amides is 1. The fourth-order valence-electron chi connectivity index (χ4n) is 1.51. The van der Waals surface area contributed by atoms with Crippen LogP contribution in [0.5, 0.6) is 5.75 Å². The number of nitro groups is 1. The van der Waals surface area contributed by atoms with Gasteiger partial charge >= 0.3 is 6.09 Å². The zero-order chi connectivity index (χ0) is 13.8. The highest BCUT2D eigenvalue weighted by Gasteiger charge is 2.06. The lowest BCUT2D eigenvalue weighted by atomic mass is 10.2. The van der Waals surface area contributed by atoms with E-state index in [0.29, 0.717) is 6.54 Å². The molecule has 0 radical (unpaired) electrons. The molecule has 2 N–H and O–H groups in total. The van der Waals surface area contributed by atoms with E-state index in [0.717, 1.165) is 5.56 Å². The van der Waals surface area contributed by atoms with E-state index >= 15 is 0 Å². The van der Waals surface area contributed by atoms with Crippen LogP contribution in [0.15, 0.2) is 36.7 Å². The van der Waals surface area contributed by atoms with Crippen molar-refractivity contribution < 1.29 is 14.5 Å². The van der Waals surface area contributed by atoms with Crippen LogP contribution in [0.3, 0.4) is 0 Å². The highest BCUT2D eigenvalue weighted by molar-refractivity contribution is 5.67. The number of non-ortho nitro benzene ring substituents is 1. The minimum atomic E-state index is -0.908. The number of primary amides is 1. The molecule has 0 saturated carbocycles. The van der Waals surface area contributed by atoms with Gasteiger partial charge in [0.25, 0.3) is 5.69 Å². The molecule has 0 aliphatic heterocycles. The molecule has 0 unspecified atom stereocenters. The third-order valence-corrected chi connectivity index (χ3v) is 2.32. The van der Waals surface area contributed by atoms with E-state index in [2.05, 4.69) is 9.84 Å². The summed E-state index contributed by atoms with van der Waals surface area (Å²) in [6.45, 7) is 0.403. The second kappa shape index (κ2) is 5.17. The Morgan fingerprint density at radius 1 is 1.42 bits per heavy atom. The van der Waals surface area contributed by atoms with Gasteiger partial charge in [-0.1, -0.05) is 12.1 Å². The van der Waals surface area contributed by atoms with Crippen molar-refractivity contribution in [2.45, 2.75) is 6.54 Å². The van der Waals surface area contributed by atoms with E-state index in [1.807, 2.05) is 0 Å². The van der Waals surface area contributed by atoms with Gasteiger partial charge in [-0.25, -0.2) is 4.79 Å². The Hall–Kier alpha value is -2.90. The summed E-state index contributed by atoms with van der Waals surface area (Å²) in [6.07, 6.45) is 1.96. The third-order valence-electron chi connectivity index (χ3n) is 2.32. The average molecular weight is 262 g/mol. The maximum Gasteiger partial charge on any atom is 0.410 e. The summed E-state index contributed by atoms with van der Waals surface area (Å²) in [5, 5.41) is 14.5. The van der Waals surface area contributed by atoms with Crippen molar-refractivity contribution in [3.05, 3.63) is 52.3 Å². The van der Waals surface area contributed by atoms with Crippen LogP contribution >= 0.6 is 0 Å². The Kier molecular flexibility index (Phi) is 3.42. The molecule has 98 valence electrons. The van der Waals surface area contributed by atoms with Gasteiger partial charge in [-0.05, 0) is 5.56 Å². The lowest BCUT2D eigenvalue weighted by Crippen LogP contribution is -2.15. The number of hydrogen-bond donors (Lipinski definition) is 1. The van der Waals surface area contributed by atoms with E-state index in [1.165, 1.54) is 29.2 Å². The molecule has 0 aliphatic rings. The van der Waals surface area contributed by atoms with Gasteiger partial charge in [-0.3, -0.25) is 14.8 Å². The Bertz CT molecular complexity index is 605. The minimum Gasteiger partial charge on any atom is -0.407 e. The number of nitrogens with two attached hydrogens (primary N) is 1. The van der Waals surface area contributed by atoms with Crippen molar-refractivity contribution in [2.24, 2.45) is 5.73 Å². The molecular formula is C11H10N4O4. The van der Waals surface area contributed by atoms with Crippen molar-refractivity contribution in [1.29, 1.82) is 0 Å². The summed E-state index contributed by atoms with van der Waals surface area (Å²) in [7, 11) is 0. The molecule has 2 aromatic rings. The molecule has 1 aromatic carbocycles. The highest BCUT2D eigenvalue weighted by Crippen LogP contribution is 2.14. The first-order valence-corrected chi connectivity index (χ1v) is 5.27. The number of aromatic nitrogens is 2. The molecule has 2 rings (SSSR count). The SMILES string of the molecule is NC(=O)Oc1cnn(Cc2ccc([N+](=O)[O-])cc2)c1. The molecule has 1 amide bonds. The van der Waals surface area contributed by atoms with E-state index in [4.69, 9.17) is 5.73 Å². The van der Waals surface area contributed by atoms with Crippen LogP contribution in [0.1, 0.15) is 5.56 Å². The quantitative estimate of drug-likeness (QED) is 0.658. The molecule has 0 aliphatic carbocycles. The van der Waals surface area contributed by atoms with E-state index in [9.17, 15) is 14.9 Å². The van der Waals surface area contributed by atoms with Gasteiger partial charge in [0.1, 0.15) is 0 Å². The molecular weight excluding hydrogens is 252 g/mol. The van der Waals surface area contributed by atoms with Crippen molar-refractivity contribution >= 4 is 11.8 Å². The minimum absolute atomic E-state index is 0.0296. The van der Waals surface area contributed by atoms with Crippen LogP contribution in [-0.4, -0.2) is 20.8 Å². The first kappa shape index (κ1) is 12.6. The predicted octanol–water partition coefficient (Wildman–Crippen LogP) is 1.30. The molecule has 0 atom stereocenters. The lowest BCUT2D eigenvalue weighted by Gasteiger charge is -2.01. The number of hydrogen-bond acceptors (Lipinski definition) is 5. The van der Waals surface area contributed by atoms with Gasteiger partial charge in [0.05, 0.1) is 23.9 Å². The van der Waals surface area contributed by atoms with E-state index in [1.54, 1.807) is 12.1 Å². The predicted molar refractivity (Wildman–Crippen MR) is 64.6 cm³/mol. The number of rotatable bonds is 4. The molecule has 8 heteroatoms. The zero-order valence-electron chi connectivity index (χ0n) is 9.72. The highest BCUT2D eigenvalue weighted by atomic mass is 16.6. The lowest BCUT2D eigenvalue weighted by molar-refractivity contribution is -0.384. The van der Waals surface area contributed by atoms with Crippen LogP contribution < -0.4 is 10.5 Å². The number of benzene rings is 1. The van der Waals surface area contributed by atoms with Crippen LogP contribution in [0.2, 0.25) is 0 Å². The molecule has 0 fully saturated rings. The normalized spacial score (nSPS) is 10.1. The molecule has 0 saturated heterocycles. The molecule has 19 heavy (non-hydrogen) atoms. The second-order valence-corrected chi connectivity index (χ2v) is 3.72. The van der Waals surface area contributed by atoms with Crippen molar-refractivity contribution in [3.8, 4) is 5.75 Å². The van der Waals surface area contributed by atoms with E-state index < -0.39 is 11.0 Å². The fraction of sp³-hybridized carbons (Fsp3) is 0.0909. The van der Waals surface area contributed by atoms with Gasteiger partial charge in [-0.15, -0.1) is 0 Å². The maximum absolute atomic E-state index is 10.5. The van der Waals surface area contributed by atoms with Gasteiger partial charge in [0.2, 0.25) is 0 Å². The Morgan fingerprint density at radius 3 is 2.68 bits per heavy atom. The van der Waals surface area contributed by atoms with Gasteiger partial charge in [-0.2, -0.15) is 5.10 Å². The molecule has 1 aromatic heterocycles. The van der Waals surface area contributed by atoms with Gasteiger partial charge in [0.15, 0.2) is 5.75 Å². The number of nitro benzene ring substituents is 1. The Labute approximate surface area is 107 Å². The summed E-state index contributed by atoms with van der Waals surface area (Å²) in [5.74, 6) is 0.245. The zero-order valence-corrected chi connectivity index (χ0v) is 9.72. The number of ether oxygens (including phenoxy) is 1. The van der Waals surface area contributed by atoms with Crippen molar-refractivity contribution in [3.63, 3.8) is 0 Å². The topological polar surface area (TPSA) is 113 Å². The van der Waals surface area contributed by atoms with Gasteiger partial charge in [0, 0.05) is 12.1 Å².